The van der Waals surface area contributed by atoms with Crippen LogP contribution in [0.25, 0.3) is 0 Å². The highest BCUT2D eigenvalue weighted by Gasteiger charge is 2.39. The van der Waals surface area contributed by atoms with Crippen LogP contribution < -0.4 is 4.74 Å². The monoisotopic (exact) mass is 248 g/mol. The van der Waals surface area contributed by atoms with E-state index in [1.165, 1.54) is 12.8 Å². The average Bonchev–Trinajstić information content (AvgIpc) is 2.87. The van der Waals surface area contributed by atoms with E-state index in [0.29, 0.717) is 0 Å². The number of benzene rings is 1. The van der Waals surface area contributed by atoms with E-state index in [0.717, 1.165) is 36.1 Å². The Labute approximate surface area is 110 Å². The molecule has 1 N–H and O–H groups in total. The van der Waals surface area contributed by atoms with Gasteiger partial charge in [0.05, 0.1) is 13.2 Å². The molecule has 0 amide bonds. The second kappa shape index (κ2) is 5.31. The third-order valence-corrected chi connectivity index (χ3v) is 4.62. The fraction of sp³-hybridized carbons (Fsp3) is 0.625. The Hall–Kier alpha value is -1.02. The van der Waals surface area contributed by atoms with Crippen LogP contribution in [0.4, 0.5) is 0 Å². The predicted octanol–water partition coefficient (Wildman–Crippen LogP) is 4.01. The highest BCUT2D eigenvalue weighted by Crippen LogP contribution is 2.50. The molecule has 100 valence electrons. The molecule has 2 rings (SSSR count). The van der Waals surface area contributed by atoms with Gasteiger partial charge in [0.1, 0.15) is 5.75 Å². The number of ether oxygens (including phenoxy) is 1. The summed E-state index contributed by atoms with van der Waals surface area (Å²) in [6.45, 7) is 4.23. The highest BCUT2D eigenvalue weighted by molar-refractivity contribution is 5.37. The number of hydrogen-bond acceptors (Lipinski definition) is 2. The third kappa shape index (κ3) is 2.26. The molecular formula is C16H24O2. The van der Waals surface area contributed by atoms with Gasteiger partial charge in [-0.25, -0.2) is 0 Å². The molecule has 1 unspecified atom stereocenters. The largest absolute Gasteiger partial charge is 0.496 e. The Balaban J connectivity index is 2.27. The van der Waals surface area contributed by atoms with Crippen molar-refractivity contribution in [2.45, 2.75) is 52.1 Å². The topological polar surface area (TPSA) is 29.5 Å². The van der Waals surface area contributed by atoms with Crippen molar-refractivity contribution in [1.29, 1.82) is 0 Å². The quantitative estimate of drug-likeness (QED) is 0.872. The predicted molar refractivity (Wildman–Crippen MR) is 73.9 cm³/mol. The minimum atomic E-state index is -0.338. The molecular weight excluding hydrogens is 224 g/mol. The molecule has 0 radical (unpaired) electrons. The SMILES string of the molecule is CCC1(C(O)c2ccc(OC)c(C)c2)CCCC1. The molecule has 0 saturated heterocycles. The molecule has 1 atom stereocenters. The van der Waals surface area contributed by atoms with Gasteiger partial charge in [0.2, 0.25) is 0 Å². The lowest BCUT2D eigenvalue weighted by molar-refractivity contribution is 0.0237. The van der Waals surface area contributed by atoms with Crippen LogP contribution in [0.5, 0.6) is 5.75 Å². The molecule has 1 aliphatic carbocycles. The molecule has 1 saturated carbocycles. The third-order valence-electron chi connectivity index (χ3n) is 4.62. The number of aliphatic hydroxyl groups excluding tert-OH is 1. The number of aryl methyl sites for hydroxylation is 1. The lowest BCUT2D eigenvalue weighted by Gasteiger charge is -2.33. The summed E-state index contributed by atoms with van der Waals surface area (Å²) in [7, 11) is 1.68. The van der Waals surface area contributed by atoms with Crippen molar-refractivity contribution < 1.29 is 9.84 Å². The second-order valence-corrected chi connectivity index (χ2v) is 5.55. The summed E-state index contributed by atoms with van der Waals surface area (Å²) in [5.74, 6) is 0.892. The first-order valence-corrected chi connectivity index (χ1v) is 6.95. The first-order chi connectivity index (χ1) is 8.63. The van der Waals surface area contributed by atoms with E-state index >= 15 is 0 Å². The molecule has 1 aromatic carbocycles. The van der Waals surface area contributed by atoms with E-state index < -0.39 is 0 Å². The van der Waals surface area contributed by atoms with Gasteiger partial charge in [-0.3, -0.25) is 0 Å². The standard InChI is InChI=1S/C16H24O2/c1-4-16(9-5-6-10-16)15(17)13-7-8-14(18-3)12(2)11-13/h7-8,11,15,17H,4-6,9-10H2,1-3H3. The van der Waals surface area contributed by atoms with E-state index in [-0.39, 0.29) is 11.5 Å². The Bertz CT molecular complexity index is 406. The number of rotatable bonds is 4. The average molecular weight is 248 g/mol. The molecule has 0 spiro atoms. The van der Waals surface area contributed by atoms with Crippen molar-refractivity contribution in [3.05, 3.63) is 29.3 Å². The maximum Gasteiger partial charge on any atom is 0.121 e. The molecule has 1 aromatic rings. The first kappa shape index (κ1) is 13.4. The number of hydrogen-bond donors (Lipinski definition) is 1. The molecule has 18 heavy (non-hydrogen) atoms. The molecule has 0 aromatic heterocycles. The fourth-order valence-electron chi connectivity index (χ4n) is 3.32. The first-order valence-electron chi connectivity index (χ1n) is 6.95. The van der Waals surface area contributed by atoms with E-state index in [9.17, 15) is 5.11 Å². The van der Waals surface area contributed by atoms with Gasteiger partial charge >= 0.3 is 0 Å². The molecule has 0 aliphatic heterocycles. The summed E-state index contributed by atoms with van der Waals surface area (Å²) in [6, 6.07) is 6.04. The Morgan fingerprint density at radius 1 is 1.33 bits per heavy atom. The van der Waals surface area contributed by atoms with Crippen molar-refractivity contribution in [2.24, 2.45) is 5.41 Å². The molecule has 2 nitrogen and oxygen atoms in total. The Morgan fingerprint density at radius 3 is 2.50 bits per heavy atom. The van der Waals surface area contributed by atoms with Crippen molar-refractivity contribution in [1.82, 2.24) is 0 Å². The lowest BCUT2D eigenvalue weighted by Crippen LogP contribution is -2.25. The summed E-state index contributed by atoms with van der Waals surface area (Å²) in [5, 5.41) is 10.7. The Morgan fingerprint density at radius 2 is 2.00 bits per heavy atom. The zero-order chi connectivity index (χ0) is 13.2. The summed E-state index contributed by atoms with van der Waals surface area (Å²) >= 11 is 0. The van der Waals surface area contributed by atoms with Crippen LogP contribution in [-0.2, 0) is 0 Å². The normalized spacial score (nSPS) is 19.8. The van der Waals surface area contributed by atoms with Crippen molar-refractivity contribution in [3.8, 4) is 5.75 Å². The summed E-state index contributed by atoms with van der Waals surface area (Å²) in [4.78, 5) is 0. The van der Waals surface area contributed by atoms with Crippen LogP contribution in [0.15, 0.2) is 18.2 Å². The van der Waals surface area contributed by atoms with E-state index in [1.54, 1.807) is 7.11 Å². The van der Waals surface area contributed by atoms with Crippen LogP contribution in [0, 0.1) is 12.3 Å². The van der Waals surface area contributed by atoms with Gasteiger partial charge in [0.25, 0.3) is 0 Å². The lowest BCUT2D eigenvalue weighted by atomic mass is 9.75. The van der Waals surface area contributed by atoms with Crippen LogP contribution >= 0.6 is 0 Å². The van der Waals surface area contributed by atoms with E-state index in [2.05, 4.69) is 13.0 Å². The van der Waals surface area contributed by atoms with Gasteiger partial charge < -0.3 is 9.84 Å². The van der Waals surface area contributed by atoms with Crippen molar-refractivity contribution in [2.75, 3.05) is 7.11 Å². The summed E-state index contributed by atoms with van der Waals surface area (Å²) in [6.07, 6.45) is 5.51. The zero-order valence-electron chi connectivity index (χ0n) is 11.7. The maximum atomic E-state index is 10.7. The van der Waals surface area contributed by atoms with E-state index in [1.807, 2.05) is 19.1 Å². The number of methoxy groups -OCH3 is 1. The maximum absolute atomic E-state index is 10.7. The minimum Gasteiger partial charge on any atom is -0.496 e. The fourth-order valence-corrected chi connectivity index (χ4v) is 3.32. The summed E-state index contributed by atoms with van der Waals surface area (Å²) < 4.78 is 5.28. The van der Waals surface area contributed by atoms with Crippen LogP contribution in [0.3, 0.4) is 0 Å². The van der Waals surface area contributed by atoms with Gasteiger partial charge in [0.15, 0.2) is 0 Å². The van der Waals surface area contributed by atoms with Gasteiger partial charge in [-0.05, 0) is 49.4 Å². The molecule has 0 heterocycles. The molecule has 2 heteroatoms. The van der Waals surface area contributed by atoms with Crippen molar-refractivity contribution in [3.63, 3.8) is 0 Å². The van der Waals surface area contributed by atoms with Gasteiger partial charge in [0, 0.05) is 5.41 Å². The minimum absolute atomic E-state index is 0.0982. The van der Waals surface area contributed by atoms with E-state index in [4.69, 9.17) is 4.74 Å². The Kier molecular flexibility index (Phi) is 3.96. The molecule has 1 fully saturated rings. The zero-order valence-corrected chi connectivity index (χ0v) is 11.7. The smallest absolute Gasteiger partial charge is 0.121 e. The summed E-state index contributed by atoms with van der Waals surface area (Å²) in [5.41, 5.74) is 2.23. The highest BCUT2D eigenvalue weighted by atomic mass is 16.5. The van der Waals surface area contributed by atoms with Crippen LogP contribution in [0.1, 0.15) is 56.3 Å². The molecule has 0 bridgehead atoms. The van der Waals surface area contributed by atoms with Gasteiger partial charge in [-0.1, -0.05) is 25.8 Å². The van der Waals surface area contributed by atoms with Gasteiger partial charge in [-0.15, -0.1) is 0 Å². The van der Waals surface area contributed by atoms with Crippen LogP contribution in [-0.4, -0.2) is 12.2 Å². The molecule has 1 aliphatic rings. The number of aliphatic hydroxyl groups is 1. The van der Waals surface area contributed by atoms with Crippen molar-refractivity contribution >= 4 is 0 Å². The second-order valence-electron chi connectivity index (χ2n) is 5.55. The van der Waals surface area contributed by atoms with Crippen LogP contribution in [0.2, 0.25) is 0 Å². The van der Waals surface area contributed by atoms with Gasteiger partial charge in [-0.2, -0.15) is 0 Å².